The number of allylic oxidation sites excluding steroid dienone is 2. The SMILES string of the molecule is CCOC(C)OCC1CC2(C=C2)C1. The van der Waals surface area contributed by atoms with Crippen molar-refractivity contribution in [1.82, 2.24) is 0 Å². The van der Waals surface area contributed by atoms with Crippen LogP contribution in [-0.4, -0.2) is 19.5 Å². The lowest BCUT2D eigenvalue weighted by molar-refractivity contribution is -0.143. The van der Waals surface area contributed by atoms with Crippen molar-refractivity contribution in [2.75, 3.05) is 13.2 Å². The summed E-state index contributed by atoms with van der Waals surface area (Å²) in [6.45, 7) is 5.56. The molecule has 0 saturated heterocycles. The molecule has 1 spiro atoms. The smallest absolute Gasteiger partial charge is 0.154 e. The van der Waals surface area contributed by atoms with Crippen molar-refractivity contribution in [3.63, 3.8) is 0 Å². The molecule has 13 heavy (non-hydrogen) atoms. The highest BCUT2D eigenvalue weighted by Crippen LogP contribution is 2.56. The van der Waals surface area contributed by atoms with Crippen LogP contribution in [0.25, 0.3) is 0 Å². The predicted octanol–water partition coefficient (Wildman–Crippen LogP) is 2.35. The third-order valence-corrected chi connectivity index (χ3v) is 2.94. The fourth-order valence-corrected chi connectivity index (χ4v) is 2.08. The van der Waals surface area contributed by atoms with E-state index in [-0.39, 0.29) is 6.29 Å². The molecule has 1 fully saturated rings. The van der Waals surface area contributed by atoms with Gasteiger partial charge < -0.3 is 9.47 Å². The molecule has 0 aromatic carbocycles. The summed E-state index contributed by atoms with van der Waals surface area (Å²) in [5, 5.41) is 0. The molecule has 1 unspecified atom stereocenters. The van der Waals surface area contributed by atoms with E-state index in [9.17, 15) is 0 Å². The van der Waals surface area contributed by atoms with Gasteiger partial charge in [0.05, 0.1) is 6.61 Å². The maximum Gasteiger partial charge on any atom is 0.154 e. The molecule has 74 valence electrons. The van der Waals surface area contributed by atoms with Crippen LogP contribution in [0.1, 0.15) is 26.7 Å². The molecule has 0 radical (unpaired) electrons. The van der Waals surface area contributed by atoms with Crippen LogP contribution >= 0.6 is 0 Å². The summed E-state index contributed by atoms with van der Waals surface area (Å²) in [6, 6.07) is 0. The first-order valence-electron chi connectivity index (χ1n) is 5.18. The third kappa shape index (κ3) is 2.12. The molecule has 1 atom stereocenters. The molecular weight excluding hydrogens is 164 g/mol. The van der Waals surface area contributed by atoms with E-state index in [1.165, 1.54) is 12.8 Å². The monoisotopic (exact) mass is 182 g/mol. The molecule has 2 heteroatoms. The van der Waals surface area contributed by atoms with Crippen molar-refractivity contribution in [3.05, 3.63) is 12.2 Å². The van der Waals surface area contributed by atoms with Gasteiger partial charge in [-0.1, -0.05) is 12.2 Å². The number of hydrogen-bond acceptors (Lipinski definition) is 2. The van der Waals surface area contributed by atoms with Gasteiger partial charge in [-0.15, -0.1) is 0 Å². The van der Waals surface area contributed by atoms with E-state index in [0.29, 0.717) is 5.41 Å². The minimum atomic E-state index is -0.0336. The van der Waals surface area contributed by atoms with E-state index < -0.39 is 0 Å². The minimum absolute atomic E-state index is 0.0336. The largest absolute Gasteiger partial charge is 0.353 e. The van der Waals surface area contributed by atoms with Gasteiger partial charge in [0.25, 0.3) is 0 Å². The van der Waals surface area contributed by atoms with Gasteiger partial charge in [0.1, 0.15) is 0 Å². The quantitative estimate of drug-likeness (QED) is 0.480. The van der Waals surface area contributed by atoms with Crippen LogP contribution in [0.5, 0.6) is 0 Å². The van der Waals surface area contributed by atoms with E-state index in [2.05, 4.69) is 12.2 Å². The van der Waals surface area contributed by atoms with Gasteiger partial charge in [0.2, 0.25) is 0 Å². The summed E-state index contributed by atoms with van der Waals surface area (Å²) in [5.74, 6) is 0.762. The van der Waals surface area contributed by atoms with Crippen molar-refractivity contribution in [2.45, 2.75) is 33.0 Å². The maximum absolute atomic E-state index is 5.56. The Bertz CT molecular complexity index is 196. The normalized spacial score (nSPS) is 26.0. The molecule has 0 N–H and O–H groups in total. The Balaban J connectivity index is 1.54. The van der Waals surface area contributed by atoms with Gasteiger partial charge in [-0.2, -0.15) is 0 Å². The van der Waals surface area contributed by atoms with Gasteiger partial charge in [0.15, 0.2) is 6.29 Å². The molecule has 2 nitrogen and oxygen atoms in total. The van der Waals surface area contributed by atoms with E-state index >= 15 is 0 Å². The molecule has 1 saturated carbocycles. The molecular formula is C11H18O2. The van der Waals surface area contributed by atoms with E-state index in [0.717, 1.165) is 19.1 Å². The third-order valence-electron chi connectivity index (χ3n) is 2.94. The Morgan fingerprint density at radius 1 is 1.38 bits per heavy atom. The average Bonchev–Trinajstić information content (AvgIpc) is 2.78. The summed E-state index contributed by atoms with van der Waals surface area (Å²) in [6.07, 6.45) is 7.19. The second-order valence-corrected chi connectivity index (χ2v) is 4.20. The van der Waals surface area contributed by atoms with Crippen LogP contribution in [0.4, 0.5) is 0 Å². The average molecular weight is 182 g/mol. The highest BCUT2D eigenvalue weighted by Gasteiger charge is 2.46. The number of hydrogen-bond donors (Lipinski definition) is 0. The second kappa shape index (κ2) is 3.43. The summed E-state index contributed by atoms with van der Waals surface area (Å²) in [7, 11) is 0. The van der Waals surface area contributed by atoms with Gasteiger partial charge in [-0.05, 0) is 32.6 Å². The molecule has 0 bridgehead atoms. The van der Waals surface area contributed by atoms with Crippen LogP contribution in [-0.2, 0) is 9.47 Å². The van der Waals surface area contributed by atoms with Crippen LogP contribution in [0.15, 0.2) is 12.2 Å². The Kier molecular flexibility index (Phi) is 2.43. The lowest BCUT2D eigenvalue weighted by atomic mass is 9.71. The Hall–Kier alpha value is -0.340. The summed E-state index contributed by atoms with van der Waals surface area (Å²) in [5.41, 5.74) is 0.558. The zero-order valence-electron chi connectivity index (χ0n) is 8.45. The molecule has 0 amide bonds. The molecule has 0 aromatic heterocycles. The van der Waals surface area contributed by atoms with Gasteiger partial charge in [0, 0.05) is 12.0 Å². The maximum atomic E-state index is 5.56. The van der Waals surface area contributed by atoms with Crippen molar-refractivity contribution in [2.24, 2.45) is 11.3 Å². The Morgan fingerprint density at radius 2 is 2.08 bits per heavy atom. The standard InChI is InChI=1S/C11H18O2/c1-3-12-9(2)13-8-10-6-11(7-10)4-5-11/h4-5,9-10H,3,6-8H2,1-2H3. The minimum Gasteiger partial charge on any atom is -0.353 e. The van der Waals surface area contributed by atoms with Crippen molar-refractivity contribution < 1.29 is 9.47 Å². The first kappa shape index (κ1) is 9.22. The van der Waals surface area contributed by atoms with E-state index in [1.54, 1.807) is 0 Å². The number of ether oxygens (including phenoxy) is 2. The van der Waals surface area contributed by atoms with Crippen LogP contribution in [0.2, 0.25) is 0 Å². The van der Waals surface area contributed by atoms with Crippen LogP contribution in [0, 0.1) is 11.3 Å². The van der Waals surface area contributed by atoms with Crippen molar-refractivity contribution >= 4 is 0 Å². The zero-order chi connectivity index (χ0) is 9.31. The zero-order valence-corrected chi connectivity index (χ0v) is 8.45. The predicted molar refractivity (Wildman–Crippen MR) is 51.3 cm³/mol. The number of rotatable bonds is 5. The summed E-state index contributed by atoms with van der Waals surface area (Å²) < 4.78 is 10.8. The summed E-state index contributed by atoms with van der Waals surface area (Å²) >= 11 is 0. The molecule has 2 aliphatic carbocycles. The topological polar surface area (TPSA) is 18.5 Å². The van der Waals surface area contributed by atoms with E-state index in [4.69, 9.17) is 9.47 Å². The fraction of sp³-hybridized carbons (Fsp3) is 0.818. The van der Waals surface area contributed by atoms with Crippen LogP contribution < -0.4 is 0 Å². The van der Waals surface area contributed by atoms with Gasteiger partial charge in [-0.25, -0.2) is 0 Å². The molecule has 0 aromatic rings. The first-order valence-corrected chi connectivity index (χ1v) is 5.18. The Morgan fingerprint density at radius 3 is 2.62 bits per heavy atom. The lowest BCUT2D eigenvalue weighted by Gasteiger charge is -2.36. The summed E-state index contributed by atoms with van der Waals surface area (Å²) in [4.78, 5) is 0. The van der Waals surface area contributed by atoms with Gasteiger partial charge in [-0.3, -0.25) is 0 Å². The van der Waals surface area contributed by atoms with Crippen molar-refractivity contribution in [1.29, 1.82) is 0 Å². The highest BCUT2D eigenvalue weighted by atomic mass is 16.7. The van der Waals surface area contributed by atoms with Crippen LogP contribution in [0.3, 0.4) is 0 Å². The first-order chi connectivity index (χ1) is 6.24. The molecule has 0 heterocycles. The molecule has 0 aliphatic heterocycles. The van der Waals surface area contributed by atoms with Gasteiger partial charge >= 0.3 is 0 Å². The fourth-order valence-electron chi connectivity index (χ4n) is 2.08. The second-order valence-electron chi connectivity index (χ2n) is 4.20. The van der Waals surface area contributed by atoms with Crippen molar-refractivity contribution in [3.8, 4) is 0 Å². The Labute approximate surface area is 79.9 Å². The highest BCUT2D eigenvalue weighted by molar-refractivity contribution is 5.30. The lowest BCUT2D eigenvalue weighted by Crippen LogP contribution is -2.31. The molecule has 2 rings (SSSR count). The molecule has 2 aliphatic rings. The van der Waals surface area contributed by atoms with E-state index in [1.807, 2.05) is 13.8 Å².